The Morgan fingerprint density at radius 1 is 1.31 bits per heavy atom. The molecular formula is C8H8BrClFN5. The standard InChI is InChI=1S/C8H8BrClFN5/c9-4-1-3(10)2-5(11)6(4)15-8(14)16-7(12)13/h1-2H,(H6,12,13,14,15,16). The lowest BCUT2D eigenvalue weighted by Gasteiger charge is -2.02. The average molecular weight is 309 g/mol. The SMILES string of the molecule is NC(N)=NC(N)=Nc1c(F)cc(Cl)cc1Br. The van der Waals surface area contributed by atoms with Crippen LogP contribution in [0, 0.1) is 5.82 Å². The molecule has 0 fully saturated rings. The number of halogens is 3. The maximum absolute atomic E-state index is 13.4. The fourth-order valence-electron chi connectivity index (χ4n) is 0.913. The van der Waals surface area contributed by atoms with Gasteiger partial charge in [0.1, 0.15) is 5.69 Å². The van der Waals surface area contributed by atoms with Crippen molar-refractivity contribution >= 4 is 45.1 Å². The fraction of sp³-hybridized carbons (Fsp3) is 0. The molecule has 5 nitrogen and oxygen atoms in total. The molecule has 0 saturated carbocycles. The highest BCUT2D eigenvalue weighted by molar-refractivity contribution is 9.10. The minimum Gasteiger partial charge on any atom is -0.370 e. The number of aliphatic imine (C=N–C) groups is 2. The molecule has 8 heteroatoms. The zero-order chi connectivity index (χ0) is 12.3. The number of rotatable bonds is 1. The monoisotopic (exact) mass is 307 g/mol. The summed E-state index contributed by atoms with van der Waals surface area (Å²) in [5.41, 5.74) is 15.5. The van der Waals surface area contributed by atoms with E-state index in [1.165, 1.54) is 6.07 Å². The second-order valence-electron chi connectivity index (χ2n) is 2.72. The van der Waals surface area contributed by atoms with Crippen LogP contribution in [0.4, 0.5) is 10.1 Å². The molecule has 0 aliphatic rings. The Bertz CT molecular complexity index is 446. The van der Waals surface area contributed by atoms with E-state index in [1.54, 1.807) is 0 Å². The van der Waals surface area contributed by atoms with Gasteiger partial charge in [-0.1, -0.05) is 11.6 Å². The summed E-state index contributed by atoms with van der Waals surface area (Å²) in [6.45, 7) is 0. The van der Waals surface area contributed by atoms with Crippen LogP contribution in [0.2, 0.25) is 5.02 Å². The first-order valence-corrected chi connectivity index (χ1v) is 5.15. The lowest BCUT2D eigenvalue weighted by molar-refractivity contribution is 0.629. The van der Waals surface area contributed by atoms with E-state index in [-0.39, 0.29) is 22.6 Å². The molecule has 0 aliphatic heterocycles. The van der Waals surface area contributed by atoms with E-state index in [4.69, 9.17) is 28.8 Å². The Kier molecular flexibility index (Phi) is 4.08. The van der Waals surface area contributed by atoms with E-state index < -0.39 is 5.82 Å². The number of nitrogens with two attached hydrogens (primary N) is 3. The molecule has 0 saturated heterocycles. The van der Waals surface area contributed by atoms with Crippen molar-refractivity contribution < 1.29 is 4.39 Å². The lowest BCUT2D eigenvalue weighted by atomic mass is 10.3. The van der Waals surface area contributed by atoms with Crippen LogP contribution in [-0.4, -0.2) is 11.9 Å². The van der Waals surface area contributed by atoms with Crippen molar-refractivity contribution in [1.82, 2.24) is 0 Å². The van der Waals surface area contributed by atoms with Gasteiger partial charge < -0.3 is 17.2 Å². The molecule has 0 spiro atoms. The van der Waals surface area contributed by atoms with Gasteiger partial charge in [0.15, 0.2) is 11.8 Å². The molecule has 16 heavy (non-hydrogen) atoms. The molecule has 86 valence electrons. The third-order valence-electron chi connectivity index (χ3n) is 1.45. The predicted octanol–water partition coefficient (Wildman–Crippen LogP) is 1.46. The van der Waals surface area contributed by atoms with Gasteiger partial charge in [-0.15, -0.1) is 0 Å². The molecule has 1 aromatic rings. The van der Waals surface area contributed by atoms with Crippen molar-refractivity contribution in [2.24, 2.45) is 27.2 Å². The van der Waals surface area contributed by atoms with Gasteiger partial charge in [0, 0.05) is 9.50 Å². The molecule has 0 amide bonds. The number of nitrogens with zero attached hydrogens (tertiary/aromatic N) is 2. The van der Waals surface area contributed by atoms with E-state index in [9.17, 15) is 4.39 Å². The Morgan fingerprint density at radius 2 is 1.94 bits per heavy atom. The van der Waals surface area contributed by atoms with E-state index >= 15 is 0 Å². The predicted molar refractivity (Wildman–Crippen MR) is 66.2 cm³/mol. The summed E-state index contributed by atoms with van der Waals surface area (Å²) in [4.78, 5) is 7.16. The number of benzene rings is 1. The van der Waals surface area contributed by atoms with Crippen LogP contribution in [-0.2, 0) is 0 Å². The van der Waals surface area contributed by atoms with Gasteiger partial charge in [0.2, 0.25) is 5.96 Å². The van der Waals surface area contributed by atoms with Crippen molar-refractivity contribution in [2.75, 3.05) is 0 Å². The zero-order valence-electron chi connectivity index (χ0n) is 7.92. The van der Waals surface area contributed by atoms with Gasteiger partial charge in [0.25, 0.3) is 0 Å². The molecule has 0 unspecified atom stereocenters. The van der Waals surface area contributed by atoms with E-state index in [2.05, 4.69) is 25.9 Å². The van der Waals surface area contributed by atoms with E-state index in [0.29, 0.717) is 4.47 Å². The van der Waals surface area contributed by atoms with Crippen LogP contribution in [0.5, 0.6) is 0 Å². The Balaban J connectivity index is 3.20. The summed E-state index contributed by atoms with van der Waals surface area (Å²) in [5.74, 6) is -1.14. The fourth-order valence-corrected chi connectivity index (χ4v) is 1.77. The number of hydrogen-bond acceptors (Lipinski definition) is 1. The highest BCUT2D eigenvalue weighted by Gasteiger charge is 2.08. The van der Waals surface area contributed by atoms with Crippen molar-refractivity contribution in [3.63, 3.8) is 0 Å². The smallest absolute Gasteiger partial charge is 0.223 e. The van der Waals surface area contributed by atoms with Crippen LogP contribution >= 0.6 is 27.5 Å². The molecule has 0 atom stereocenters. The number of hydrogen-bond donors (Lipinski definition) is 3. The second-order valence-corrected chi connectivity index (χ2v) is 4.02. The molecule has 0 radical (unpaired) electrons. The Morgan fingerprint density at radius 3 is 2.44 bits per heavy atom. The summed E-state index contributed by atoms with van der Waals surface area (Å²) in [6, 6.07) is 2.58. The van der Waals surface area contributed by atoms with Crippen molar-refractivity contribution in [2.45, 2.75) is 0 Å². The topological polar surface area (TPSA) is 103 Å². The lowest BCUT2D eigenvalue weighted by Crippen LogP contribution is -2.26. The first kappa shape index (κ1) is 12.7. The van der Waals surface area contributed by atoms with Crippen molar-refractivity contribution in [3.8, 4) is 0 Å². The highest BCUT2D eigenvalue weighted by atomic mass is 79.9. The van der Waals surface area contributed by atoms with E-state index in [1.807, 2.05) is 0 Å². The molecule has 0 heterocycles. The van der Waals surface area contributed by atoms with Crippen molar-refractivity contribution in [1.29, 1.82) is 0 Å². The summed E-state index contributed by atoms with van der Waals surface area (Å²) in [6.07, 6.45) is 0. The molecule has 0 aromatic heterocycles. The Hall–Kier alpha value is -1.34. The molecule has 1 rings (SSSR count). The normalized spacial score (nSPS) is 11.3. The molecule has 0 aliphatic carbocycles. The first-order chi connectivity index (χ1) is 7.40. The van der Waals surface area contributed by atoms with Crippen molar-refractivity contribution in [3.05, 3.63) is 27.4 Å². The second kappa shape index (κ2) is 5.13. The molecule has 1 aromatic carbocycles. The summed E-state index contributed by atoms with van der Waals surface area (Å²) in [5, 5.41) is 0.240. The van der Waals surface area contributed by atoms with Crippen LogP contribution in [0.25, 0.3) is 0 Å². The molecule has 6 N–H and O–H groups in total. The quantitative estimate of drug-likeness (QED) is 0.540. The molecular weight excluding hydrogens is 300 g/mol. The third-order valence-corrected chi connectivity index (χ3v) is 2.27. The highest BCUT2D eigenvalue weighted by Crippen LogP contribution is 2.31. The van der Waals surface area contributed by atoms with Crippen LogP contribution in [0.15, 0.2) is 26.6 Å². The average Bonchev–Trinajstić information content (AvgIpc) is 2.09. The minimum atomic E-state index is -0.631. The van der Waals surface area contributed by atoms with E-state index in [0.717, 1.165) is 6.07 Å². The third kappa shape index (κ3) is 3.35. The van der Waals surface area contributed by atoms with Gasteiger partial charge in [-0.25, -0.2) is 9.38 Å². The maximum atomic E-state index is 13.4. The maximum Gasteiger partial charge on any atom is 0.223 e. The summed E-state index contributed by atoms with van der Waals surface area (Å²) >= 11 is 8.72. The van der Waals surface area contributed by atoms with Crippen LogP contribution < -0.4 is 17.2 Å². The first-order valence-electron chi connectivity index (χ1n) is 3.98. The van der Waals surface area contributed by atoms with Crippen LogP contribution in [0.1, 0.15) is 0 Å². The van der Waals surface area contributed by atoms with Crippen LogP contribution in [0.3, 0.4) is 0 Å². The van der Waals surface area contributed by atoms with Gasteiger partial charge in [-0.2, -0.15) is 4.99 Å². The van der Waals surface area contributed by atoms with Gasteiger partial charge in [-0.3, -0.25) is 0 Å². The zero-order valence-corrected chi connectivity index (χ0v) is 10.3. The Labute approximate surface area is 104 Å². The van der Waals surface area contributed by atoms with Gasteiger partial charge in [-0.05, 0) is 28.1 Å². The largest absolute Gasteiger partial charge is 0.370 e. The minimum absolute atomic E-state index is 0.0214. The summed E-state index contributed by atoms with van der Waals surface area (Å²) < 4.78 is 13.8. The summed E-state index contributed by atoms with van der Waals surface area (Å²) in [7, 11) is 0. The molecule has 0 bridgehead atoms. The van der Waals surface area contributed by atoms with Gasteiger partial charge in [0.05, 0.1) is 0 Å². The number of guanidine groups is 2. The van der Waals surface area contributed by atoms with Gasteiger partial charge >= 0.3 is 0 Å².